The first-order valence-corrected chi connectivity index (χ1v) is 5.55. The first kappa shape index (κ1) is 11.9. The van der Waals surface area contributed by atoms with Crippen molar-refractivity contribution >= 4 is 21.7 Å². The normalized spacial score (nSPS) is 12.2. The highest BCUT2D eigenvalue weighted by Gasteiger charge is 2.24. The summed E-state index contributed by atoms with van der Waals surface area (Å²) in [4.78, 5) is 11.8. The fourth-order valence-corrected chi connectivity index (χ4v) is 1.84. The molecule has 0 spiro atoms. The fraction of sp³-hybridized carbons (Fsp3) is 0.333. The van der Waals surface area contributed by atoms with Crippen molar-refractivity contribution in [1.82, 2.24) is 0 Å². The third-order valence-corrected chi connectivity index (χ3v) is 2.92. The van der Waals surface area contributed by atoms with Gasteiger partial charge in [-0.05, 0) is 11.6 Å². The number of carbonyl (C=O) groups is 1. The van der Waals surface area contributed by atoms with Crippen LogP contribution in [0, 0.1) is 17.2 Å². The lowest BCUT2D eigenvalue weighted by Crippen LogP contribution is -2.17. The highest BCUT2D eigenvalue weighted by atomic mass is 79.9. The number of hydrogen-bond acceptors (Lipinski definition) is 2. The van der Waals surface area contributed by atoms with Crippen LogP contribution in [-0.2, 0) is 4.79 Å². The number of rotatable bonds is 3. The molecule has 0 saturated carbocycles. The van der Waals surface area contributed by atoms with Gasteiger partial charge in [-0.3, -0.25) is 4.79 Å². The second kappa shape index (κ2) is 5.09. The van der Waals surface area contributed by atoms with E-state index in [0.29, 0.717) is 0 Å². The molecular weight excluding hydrogens is 254 g/mol. The highest BCUT2D eigenvalue weighted by molar-refractivity contribution is 9.10. The minimum absolute atomic E-state index is 0.0376. The molecule has 1 aromatic carbocycles. The number of ketones is 1. The predicted octanol–water partition coefficient (Wildman–Crippen LogP) is 3.28. The number of Topliss-reactive ketones (excluding diaryl/α,β-unsaturated/α-hetero) is 1. The van der Waals surface area contributed by atoms with Crippen LogP contribution in [0.15, 0.2) is 28.7 Å². The van der Waals surface area contributed by atoms with E-state index in [1.807, 2.05) is 32.0 Å². The van der Waals surface area contributed by atoms with E-state index in [1.54, 1.807) is 6.07 Å². The number of halogens is 1. The molecule has 0 aliphatic carbocycles. The lowest BCUT2D eigenvalue weighted by molar-refractivity contribution is -0.122. The van der Waals surface area contributed by atoms with E-state index in [2.05, 4.69) is 22.0 Å². The molecule has 78 valence electrons. The van der Waals surface area contributed by atoms with Gasteiger partial charge in [-0.1, -0.05) is 48.0 Å². The van der Waals surface area contributed by atoms with Gasteiger partial charge >= 0.3 is 0 Å². The second-order valence-electron chi connectivity index (χ2n) is 3.64. The highest BCUT2D eigenvalue weighted by Crippen LogP contribution is 2.26. The lowest BCUT2D eigenvalue weighted by Gasteiger charge is -2.12. The summed E-state index contributed by atoms with van der Waals surface area (Å²) in [5, 5.41) is 9.03. The van der Waals surface area contributed by atoms with E-state index in [0.717, 1.165) is 10.0 Å². The van der Waals surface area contributed by atoms with Gasteiger partial charge in [-0.15, -0.1) is 0 Å². The van der Waals surface area contributed by atoms with Crippen LogP contribution >= 0.6 is 15.9 Å². The zero-order chi connectivity index (χ0) is 11.4. The van der Waals surface area contributed by atoms with Gasteiger partial charge in [-0.2, -0.15) is 5.26 Å². The van der Waals surface area contributed by atoms with Crippen molar-refractivity contribution in [2.75, 3.05) is 0 Å². The molecule has 3 heteroatoms. The van der Waals surface area contributed by atoms with Gasteiger partial charge in [0.05, 0.1) is 6.07 Å². The molecule has 0 N–H and O–H groups in total. The van der Waals surface area contributed by atoms with Crippen molar-refractivity contribution in [3.8, 4) is 6.07 Å². The van der Waals surface area contributed by atoms with E-state index in [1.165, 1.54) is 0 Å². The van der Waals surface area contributed by atoms with Crippen molar-refractivity contribution in [3.05, 3.63) is 34.3 Å². The van der Waals surface area contributed by atoms with Crippen molar-refractivity contribution in [1.29, 1.82) is 5.26 Å². The molecular formula is C12H12BrNO. The summed E-state index contributed by atoms with van der Waals surface area (Å²) in [5.74, 6) is -0.827. The first-order valence-electron chi connectivity index (χ1n) is 4.75. The summed E-state index contributed by atoms with van der Waals surface area (Å²) in [7, 11) is 0. The van der Waals surface area contributed by atoms with Crippen molar-refractivity contribution in [2.45, 2.75) is 19.8 Å². The molecule has 0 radical (unpaired) electrons. The van der Waals surface area contributed by atoms with Crippen LogP contribution < -0.4 is 0 Å². The Morgan fingerprint density at radius 2 is 2.00 bits per heavy atom. The van der Waals surface area contributed by atoms with Crippen LogP contribution in [0.5, 0.6) is 0 Å². The Kier molecular flexibility index (Phi) is 4.05. The maximum absolute atomic E-state index is 11.8. The number of carbonyl (C=O) groups excluding carboxylic acids is 1. The van der Waals surface area contributed by atoms with Crippen LogP contribution in [0.25, 0.3) is 0 Å². The van der Waals surface area contributed by atoms with Gasteiger partial charge < -0.3 is 0 Å². The molecule has 0 amide bonds. The van der Waals surface area contributed by atoms with Crippen LogP contribution in [-0.4, -0.2) is 5.78 Å². The molecule has 0 unspecified atom stereocenters. The number of hydrogen-bond donors (Lipinski definition) is 0. The topological polar surface area (TPSA) is 40.9 Å². The van der Waals surface area contributed by atoms with E-state index in [9.17, 15) is 4.79 Å². The van der Waals surface area contributed by atoms with Crippen molar-refractivity contribution in [2.24, 2.45) is 5.92 Å². The molecule has 0 bridgehead atoms. The predicted molar refractivity (Wildman–Crippen MR) is 62.3 cm³/mol. The SMILES string of the molecule is CC(C)C(=O)[C@H](C#N)c1ccccc1Br. The molecule has 0 aromatic heterocycles. The smallest absolute Gasteiger partial charge is 0.157 e. The molecule has 0 aliphatic rings. The van der Waals surface area contributed by atoms with E-state index >= 15 is 0 Å². The monoisotopic (exact) mass is 265 g/mol. The average molecular weight is 266 g/mol. The van der Waals surface area contributed by atoms with Crippen molar-refractivity contribution < 1.29 is 4.79 Å². The summed E-state index contributed by atoms with van der Waals surface area (Å²) in [6.45, 7) is 3.62. The Morgan fingerprint density at radius 3 is 2.47 bits per heavy atom. The molecule has 0 heterocycles. The zero-order valence-electron chi connectivity index (χ0n) is 8.70. The average Bonchev–Trinajstić information content (AvgIpc) is 2.21. The molecule has 0 saturated heterocycles. The number of nitrogens with zero attached hydrogens (tertiary/aromatic N) is 1. The van der Waals surface area contributed by atoms with E-state index in [-0.39, 0.29) is 11.7 Å². The summed E-state index contributed by atoms with van der Waals surface area (Å²) < 4.78 is 0.811. The molecule has 2 nitrogen and oxygen atoms in total. The van der Waals surface area contributed by atoms with Crippen LogP contribution in [0.2, 0.25) is 0 Å². The van der Waals surface area contributed by atoms with Gasteiger partial charge in [0.2, 0.25) is 0 Å². The van der Waals surface area contributed by atoms with Gasteiger partial charge in [0.1, 0.15) is 5.92 Å². The van der Waals surface area contributed by atoms with Crippen molar-refractivity contribution in [3.63, 3.8) is 0 Å². The van der Waals surface area contributed by atoms with E-state index in [4.69, 9.17) is 5.26 Å². The minimum atomic E-state index is -0.666. The zero-order valence-corrected chi connectivity index (χ0v) is 10.3. The van der Waals surface area contributed by atoms with Crippen LogP contribution in [0.3, 0.4) is 0 Å². The largest absolute Gasteiger partial charge is 0.298 e. The Hall–Kier alpha value is -1.14. The third kappa shape index (κ3) is 2.66. The summed E-state index contributed by atoms with van der Waals surface area (Å²) >= 11 is 3.35. The summed E-state index contributed by atoms with van der Waals surface area (Å²) in [6.07, 6.45) is 0. The Morgan fingerprint density at radius 1 is 1.40 bits per heavy atom. The number of benzene rings is 1. The minimum Gasteiger partial charge on any atom is -0.298 e. The van der Waals surface area contributed by atoms with Gasteiger partial charge in [0.25, 0.3) is 0 Å². The van der Waals surface area contributed by atoms with Gasteiger partial charge in [0.15, 0.2) is 5.78 Å². The third-order valence-electron chi connectivity index (χ3n) is 2.20. The van der Waals surface area contributed by atoms with Crippen LogP contribution in [0.4, 0.5) is 0 Å². The fourth-order valence-electron chi connectivity index (χ4n) is 1.33. The lowest BCUT2D eigenvalue weighted by atomic mass is 9.90. The molecule has 1 rings (SSSR count). The summed E-state index contributed by atoms with van der Waals surface area (Å²) in [6, 6.07) is 9.40. The standard InChI is InChI=1S/C12H12BrNO/c1-8(2)12(15)10(7-14)9-5-3-4-6-11(9)13/h3-6,8,10H,1-2H3/t10-/m1/s1. The quantitative estimate of drug-likeness (QED) is 0.842. The Bertz CT molecular complexity index is 406. The van der Waals surface area contributed by atoms with E-state index < -0.39 is 5.92 Å². The molecule has 1 atom stereocenters. The van der Waals surface area contributed by atoms with Gasteiger partial charge in [-0.25, -0.2) is 0 Å². The summed E-state index contributed by atoms with van der Waals surface area (Å²) in [5.41, 5.74) is 0.749. The van der Waals surface area contributed by atoms with Gasteiger partial charge in [0, 0.05) is 10.4 Å². The van der Waals surface area contributed by atoms with Crippen LogP contribution in [0.1, 0.15) is 25.3 Å². The maximum Gasteiger partial charge on any atom is 0.157 e. The second-order valence-corrected chi connectivity index (χ2v) is 4.50. The molecule has 0 aliphatic heterocycles. The Balaban J connectivity index is 3.10. The number of nitriles is 1. The Labute approximate surface area is 98.0 Å². The molecule has 0 fully saturated rings. The first-order chi connectivity index (χ1) is 7.07. The maximum atomic E-state index is 11.8. The molecule has 1 aromatic rings. The molecule has 15 heavy (non-hydrogen) atoms.